The number of amides is 1. The van der Waals surface area contributed by atoms with Crippen LogP contribution in [0.1, 0.15) is 37.0 Å². The fourth-order valence-corrected chi connectivity index (χ4v) is 2.86. The first-order valence-electron chi connectivity index (χ1n) is 7.84. The minimum Gasteiger partial charge on any atom is -0.328 e. The summed E-state index contributed by atoms with van der Waals surface area (Å²) in [7, 11) is 0. The number of benzene rings is 1. The second-order valence-electron chi connectivity index (χ2n) is 6.16. The molecule has 1 aliphatic heterocycles. The highest BCUT2D eigenvalue weighted by Gasteiger charge is 2.23. The molecule has 3 N–H and O–H groups in total. The highest BCUT2D eigenvalue weighted by atomic mass is 35.5. The molecule has 2 rings (SSSR count). The van der Waals surface area contributed by atoms with Gasteiger partial charge in [-0.15, -0.1) is 12.4 Å². The first kappa shape index (κ1) is 19.6. The number of Topliss-reactive ketones (excluding diaryl/α,β-unsaturated/α-hetero) is 1. The Morgan fingerprint density at radius 2 is 2.00 bits per heavy atom. The Morgan fingerprint density at radius 3 is 2.57 bits per heavy atom. The molecule has 0 radical (unpaired) electrons. The summed E-state index contributed by atoms with van der Waals surface area (Å²) in [6.45, 7) is 5.77. The number of carbonyl (C=O) groups is 2. The van der Waals surface area contributed by atoms with E-state index in [1.165, 1.54) is 6.92 Å². The molecule has 1 aromatic carbocycles. The highest BCUT2D eigenvalue weighted by Crippen LogP contribution is 2.19. The number of piperidine rings is 1. The van der Waals surface area contributed by atoms with Crippen LogP contribution in [0.3, 0.4) is 0 Å². The summed E-state index contributed by atoms with van der Waals surface area (Å²) >= 11 is 0. The Labute approximate surface area is 144 Å². The number of nitrogens with two attached hydrogens (primary N) is 1. The molecule has 1 heterocycles. The van der Waals surface area contributed by atoms with Gasteiger partial charge < -0.3 is 11.1 Å². The molecule has 0 saturated carbocycles. The van der Waals surface area contributed by atoms with Crippen LogP contribution in [0.5, 0.6) is 0 Å². The largest absolute Gasteiger partial charge is 0.328 e. The maximum atomic E-state index is 12.1. The van der Waals surface area contributed by atoms with E-state index in [4.69, 9.17) is 5.73 Å². The maximum absolute atomic E-state index is 12.1. The number of nitrogens with zero attached hydrogens (tertiary/aromatic N) is 1. The summed E-state index contributed by atoms with van der Waals surface area (Å²) < 4.78 is 0. The smallest absolute Gasteiger partial charge is 0.238 e. The van der Waals surface area contributed by atoms with Gasteiger partial charge in [0.25, 0.3) is 0 Å². The van der Waals surface area contributed by atoms with Crippen LogP contribution in [0.25, 0.3) is 0 Å². The van der Waals surface area contributed by atoms with Crippen molar-refractivity contribution >= 4 is 29.8 Å². The molecule has 23 heavy (non-hydrogen) atoms. The predicted octanol–water partition coefficient (Wildman–Crippen LogP) is 2.31. The molecule has 1 aromatic rings. The van der Waals surface area contributed by atoms with E-state index in [9.17, 15) is 9.59 Å². The topological polar surface area (TPSA) is 75.4 Å². The van der Waals surface area contributed by atoms with E-state index in [0.29, 0.717) is 23.7 Å². The van der Waals surface area contributed by atoms with Gasteiger partial charge in [-0.1, -0.05) is 12.1 Å². The average molecular weight is 340 g/mol. The maximum Gasteiger partial charge on any atom is 0.238 e. The van der Waals surface area contributed by atoms with Crippen LogP contribution in [0, 0.1) is 5.92 Å². The molecule has 1 fully saturated rings. The molecule has 1 amide bonds. The van der Waals surface area contributed by atoms with Crippen LogP contribution >= 0.6 is 12.4 Å². The normalized spacial score (nSPS) is 17.2. The number of hydrogen-bond donors (Lipinski definition) is 2. The Balaban J connectivity index is 0.00000264. The van der Waals surface area contributed by atoms with Crippen molar-refractivity contribution in [3.05, 3.63) is 29.8 Å². The lowest BCUT2D eigenvalue weighted by Crippen LogP contribution is -2.42. The first-order valence-corrected chi connectivity index (χ1v) is 7.84. The molecule has 0 spiro atoms. The fourth-order valence-electron chi connectivity index (χ4n) is 2.86. The van der Waals surface area contributed by atoms with Gasteiger partial charge in [0, 0.05) is 17.3 Å². The molecule has 6 heteroatoms. The van der Waals surface area contributed by atoms with E-state index in [2.05, 4.69) is 17.1 Å². The van der Waals surface area contributed by atoms with Crippen molar-refractivity contribution < 1.29 is 9.59 Å². The Bertz CT molecular complexity index is 540. The number of nitrogens with one attached hydrogen (secondary N) is 1. The van der Waals surface area contributed by atoms with Gasteiger partial charge >= 0.3 is 0 Å². The van der Waals surface area contributed by atoms with Crippen molar-refractivity contribution in [2.24, 2.45) is 11.7 Å². The quantitative estimate of drug-likeness (QED) is 0.807. The predicted molar refractivity (Wildman–Crippen MR) is 95.1 cm³/mol. The number of hydrogen-bond acceptors (Lipinski definition) is 4. The highest BCUT2D eigenvalue weighted by molar-refractivity contribution is 5.97. The molecule has 1 aliphatic rings. The van der Waals surface area contributed by atoms with Crippen LogP contribution in [0.15, 0.2) is 24.3 Å². The lowest BCUT2D eigenvalue weighted by atomic mass is 9.91. The van der Waals surface area contributed by atoms with Crippen molar-refractivity contribution in [1.29, 1.82) is 0 Å². The summed E-state index contributed by atoms with van der Waals surface area (Å²) in [5.74, 6) is 0.514. The monoisotopic (exact) mass is 339 g/mol. The summed E-state index contributed by atoms with van der Waals surface area (Å²) in [5.41, 5.74) is 7.21. The third-order valence-electron chi connectivity index (χ3n) is 4.30. The van der Waals surface area contributed by atoms with E-state index >= 15 is 0 Å². The van der Waals surface area contributed by atoms with Gasteiger partial charge in [-0.25, -0.2) is 0 Å². The summed E-state index contributed by atoms with van der Waals surface area (Å²) in [6, 6.07) is 7.26. The van der Waals surface area contributed by atoms with Crippen molar-refractivity contribution in [2.45, 2.75) is 32.7 Å². The SMILES string of the molecule is CC(=O)c1cccc(NC(=O)CN2CCC(C(C)N)CC2)c1.Cl. The van der Waals surface area contributed by atoms with Gasteiger partial charge in [-0.3, -0.25) is 14.5 Å². The second-order valence-corrected chi connectivity index (χ2v) is 6.16. The molecule has 5 nitrogen and oxygen atoms in total. The van der Waals surface area contributed by atoms with Crippen molar-refractivity contribution in [1.82, 2.24) is 4.90 Å². The fraction of sp³-hybridized carbons (Fsp3) is 0.529. The van der Waals surface area contributed by atoms with Gasteiger partial charge in [0.05, 0.1) is 6.54 Å². The van der Waals surface area contributed by atoms with E-state index in [1.807, 2.05) is 0 Å². The van der Waals surface area contributed by atoms with Crippen LogP contribution in [0.4, 0.5) is 5.69 Å². The average Bonchev–Trinajstić information content (AvgIpc) is 2.47. The summed E-state index contributed by atoms with van der Waals surface area (Å²) in [5, 5.41) is 2.86. The molecular weight excluding hydrogens is 314 g/mol. The zero-order valence-electron chi connectivity index (χ0n) is 13.7. The van der Waals surface area contributed by atoms with E-state index in [1.54, 1.807) is 24.3 Å². The van der Waals surface area contributed by atoms with Crippen molar-refractivity contribution in [2.75, 3.05) is 25.0 Å². The van der Waals surface area contributed by atoms with Gasteiger partial charge in [-0.2, -0.15) is 0 Å². The number of likely N-dealkylation sites (tertiary alicyclic amines) is 1. The number of carbonyl (C=O) groups excluding carboxylic acids is 2. The standard InChI is InChI=1S/C17H25N3O2.ClH/c1-12(18)14-6-8-20(9-7-14)11-17(22)19-16-5-3-4-15(10-16)13(2)21;/h3-5,10,12,14H,6-9,11,18H2,1-2H3,(H,19,22);1H. The summed E-state index contributed by atoms with van der Waals surface area (Å²) in [6.07, 6.45) is 2.09. The molecule has 0 aliphatic carbocycles. The van der Waals surface area contributed by atoms with E-state index in [0.717, 1.165) is 25.9 Å². The van der Waals surface area contributed by atoms with Crippen LogP contribution in [-0.2, 0) is 4.79 Å². The number of halogens is 1. The first-order chi connectivity index (χ1) is 10.5. The Hall–Kier alpha value is -1.43. The second kappa shape index (κ2) is 9.01. The minimum absolute atomic E-state index is 0. The third-order valence-corrected chi connectivity index (χ3v) is 4.30. The lowest BCUT2D eigenvalue weighted by Gasteiger charge is -2.33. The molecule has 0 bridgehead atoms. The van der Waals surface area contributed by atoms with Gasteiger partial charge in [0.15, 0.2) is 5.78 Å². The minimum atomic E-state index is -0.0417. The third kappa shape index (κ3) is 5.94. The molecule has 0 aromatic heterocycles. The zero-order valence-corrected chi connectivity index (χ0v) is 14.6. The molecule has 1 unspecified atom stereocenters. The Kier molecular flexibility index (Phi) is 7.68. The summed E-state index contributed by atoms with van der Waals surface area (Å²) in [4.78, 5) is 25.6. The van der Waals surface area contributed by atoms with Crippen LogP contribution in [-0.4, -0.2) is 42.3 Å². The molecule has 1 saturated heterocycles. The van der Waals surface area contributed by atoms with Gasteiger partial charge in [0.2, 0.25) is 5.91 Å². The molecule has 128 valence electrons. The molecule has 1 atom stereocenters. The van der Waals surface area contributed by atoms with E-state index < -0.39 is 0 Å². The van der Waals surface area contributed by atoms with E-state index in [-0.39, 0.29) is 30.1 Å². The zero-order chi connectivity index (χ0) is 16.1. The number of rotatable bonds is 5. The molecular formula is C17H26ClN3O2. The van der Waals surface area contributed by atoms with Crippen LogP contribution < -0.4 is 11.1 Å². The van der Waals surface area contributed by atoms with Gasteiger partial charge in [0.1, 0.15) is 0 Å². The van der Waals surface area contributed by atoms with Gasteiger partial charge in [-0.05, 0) is 57.8 Å². The Morgan fingerprint density at radius 1 is 1.35 bits per heavy atom. The van der Waals surface area contributed by atoms with Crippen molar-refractivity contribution in [3.63, 3.8) is 0 Å². The van der Waals surface area contributed by atoms with Crippen molar-refractivity contribution in [3.8, 4) is 0 Å². The number of anilines is 1. The lowest BCUT2D eigenvalue weighted by molar-refractivity contribution is -0.117. The van der Waals surface area contributed by atoms with Crippen LogP contribution in [0.2, 0.25) is 0 Å². The number of ketones is 1.